The summed E-state index contributed by atoms with van der Waals surface area (Å²) >= 11 is 0. The van der Waals surface area contributed by atoms with Crippen LogP contribution in [0.2, 0.25) is 0 Å². The van der Waals surface area contributed by atoms with Crippen molar-refractivity contribution >= 4 is 17.5 Å². The Kier molecular flexibility index (Phi) is 6.15. The summed E-state index contributed by atoms with van der Waals surface area (Å²) in [4.78, 5) is 23.6. The number of aryl methyl sites for hydroxylation is 1. The lowest BCUT2D eigenvalue weighted by Gasteiger charge is -2.17. The Morgan fingerprint density at radius 1 is 1.14 bits per heavy atom. The smallest absolute Gasteiger partial charge is 0.338 e. The van der Waals surface area contributed by atoms with E-state index in [2.05, 4.69) is 6.92 Å². The highest BCUT2D eigenvalue weighted by Crippen LogP contribution is 2.28. The molecule has 1 aromatic carbocycles. The van der Waals surface area contributed by atoms with E-state index in [9.17, 15) is 9.59 Å². The van der Waals surface area contributed by atoms with E-state index in [0.717, 1.165) is 28.7 Å². The fourth-order valence-electron chi connectivity index (χ4n) is 2.42. The molecule has 0 amide bonds. The van der Waals surface area contributed by atoms with Crippen LogP contribution in [0.15, 0.2) is 18.2 Å². The second-order valence-electron chi connectivity index (χ2n) is 4.68. The van der Waals surface area contributed by atoms with Crippen molar-refractivity contribution in [3.05, 3.63) is 40.5 Å². The van der Waals surface area contributed by atoms with Gasteiger partial charge in [0.15, 0.2) is 0 Å². The molecule has 0 N–H and O–H groups in total. The maximum atomic E-state index is 12.0. The number of ether oxygens (including phenoxy) is 2. The molecule has 0 heterocycles. The maximum absolute atomic E-state index is 12.0. The quantitative estimate of drug-likeness (QED) is 0.618. The molecule has 0 aromatic heterocycles. The van der Waals surface area contributed by atoms with Gasteiger partial charge >= 0.3 is 11.9 Å². The molecule has 0 atom stereocenters. The summed E-state index contributed by atoms with van der Waals surface area (Å²) in [5, 5.41) is 0. The Morgan fingerprint density at radius 3 is 2.24 bits per heavy atom. The van der Waals surface area contributed by atoms with E-state index in [-0.39, 0.29) is 12.4 Å². The first-order valence-corrected chi connectivity index (χ1v) is 6.93. The van der Waals surface area contributed by atoms with Gasteiger partial charge < -0.3 is 9.47 Å². The van der Waals surface area contributed by atoms with Crippen molar-refractivity contribution < 1.29 is 19.1 Å². The van der Waals surface area contributed by atoms with Gasteiger partial charge in [0.05, 0.1) is 26.2 Å². The molecule has 0 saturated heterocycles. The molecule has 0 aliphatic rings. The third-order valence-electron chi connectivity index (χ3n) is 3.57. The van der Waals surface area contributed by atoms with Crippen LogP contribution in [0, 0.1) is 6.92 Å². The van der Waals surface area contributed by atoms with Crippen LogP contribution in [0.1, 0.15) is 36.1 Å². The summed E-state index contributed by atoms with van der Waals surface area (Å²) in [7, 11) is 2.71. The zero-order valence-electron chi connectivity index (χ0n) is 13.3. The first-order chi connectivity index (χ1) is 9.99. The molecule has 4 nitrogen and oxygen atoms in total. The minimum Gasteiger partial charge on any atom is -0.469 e. The van der Waals surface area contributed by atoms with Gasteiger partial charge in [0, 0.05) is 0 Å². The Hall–Kier alpha value is -2.10. The van der Waals surface area contributed by atoms with E-state index in [1.807, 2.05) is 19.1 Å². The second-order valence-corrected chi connectivity index (χ2v) is 4.68. The average Bonchev–Trinajstić information content (AvgIpc) is 2.50. The summed E-state index contributed by atoms with van der Waals surface area (Å²) in [6, 6.07) is 3.87. The van der Waals surface area contributed by atoms with Gasteiger partial charge in [-0.25, -0.2) is 4.79 Å². The molecule has 0 aliphatic carbocycles. The van der Waals surface area contributed by atoms with E-state index < -0.39 is 5.97 Å². The van der Waals surface area contributed by atoms with Gasteiger partial charge in [-0.1, -0.05) is 25.1 Å². The summed E-state index contributed by atoms with van der Waals surface area (Å²) in [5.74, 6) is -0.736. The first kappa shape index (κ1) is 17.0. The van der Waals surface area contributed by atoms with Crippen molar-refractivity contribution in [2.45, 2.75) is 33.6 Å². The number of carbonyl (C=O) groups excluding carboxylic acids is 2. The predicted octanol–water partition coefficient (Wildman–Crippen LogP) is 2.85. The number of allylic oxidation sites excluding steroid dienone is 1. The van der Waals surface area contributed by atoms with Gasteiger partial charge in [0.2, 0.25) is 0 Å². The number of rotatable bonds is 5. The number of esters is 2. The van der Waals surface area contributed by atoms with Crippen LogP contribution in [0.4, 0.5) is 0 Å². The molecular weight excluding hydrogens is 268 g/mol. The molecule has 114 valence electrons. The molecule has 0 spiro atoms. The van der Waals surface area contributed by atoms with Crippen LogP contribution in [-0.4, -0.2) is 26.2 Å². The zero-order valence-corrected chi connectivity index (χ0v) is 13.3. The fourth-order valence-corrected chi connectivity index (χ4v) is 2.42. The lowest BCUT2D eigenvalue weighted by molar-refractivity contribution is -0.140. The van der Waals surface area contributed by atoms with Gasteiger partial charge in [0.1, 0.15) is 0 Å². The van der Waals surface area contributed by atoms with Crippen molar-refractivity contribution in [2.24, 2.45) is 0 Å². The first-order valence-electron chi connectivity index (χ1n) is 6.93. The van der Waals surface area contributed by atoms with Gasteiger partial charge in [-0.2, -0.15) is 0 Å². The van der Waals surface area contributed by atoms with Crippen molar-refractivity contribution in [1.29, 1.82) is 0 Å². The summed E-state index contributed by atoms with van der Waals surface area (Å²) in [5.41, 5.74) is 4.16. The Morgan fingerprint density at radius 2 is 1.76 bits per heavy atom. The molecule has 0 fully saturated rings. The predicted molar refractivity (Wildman–Crippen MR) is 81.9 cm³/mol. The van der Waals surface area contributed by atoms with E-state index in [1.165, 1.54) is 14.2 Å². The highest BCUT2D eigenvalue weighted by molar-refractivity contribution is 6.17. The maximum Gasteiger partial charge on any atom is 0.338 e. The van der Waals surface area contributed by atoms with Crippen LogP contribution in [0.3, 0.4) is 0 Å². The van der Waals surface area contributed by atoms with E-state index in [0.29, 0.717) is 5.57 Å². The third kappa shape index (κ3) is 3.72. The Balaban J connectivity index is 3.49. The fraction of sp³-hybridized carbons (Fsp3) is 0.412. The van der Waals surface area contributed by atoms with Crippen molar-refractivity contribution in [3.8, 4) is 0 Å². The number of hydrogen-bond acceptors (Lipinski definition) is 4. The van der Waals surface area contributed by atoms with Crippen LogP contribution in [0.5, 0.6) is 0 Å². The molecule has 0 unspecified atom stereocenters. The number of methoxy groups -OCH3 is 2. The highest BCUT2D eigenvalue weighted by Gasteiger charge is 2.20. The van der Waals surface area contributed by atoms with Crippen molar-refractivity contribution in [2.75, 3.05) is 14.2 Å². The number of benzene rings is 1. The van der Waals surface area contributed by atoms with Gasteiger partial charge in [-0.05, 0) is 42.5 Å². The minimum absolute atomic E-state index is 0.130. The van der Waals surface area contributed by atoms with Crippen molar-refractivity contribution in [1.82, 2.24) is 0 Å². The molecule has 0 saturated carbocycles. The highest BCUT2D eigenvalue weighted by atomic mass is 16.5. The molecule has 0 bridgehead atoms. The van der Waals surface area contributed by atoms with Crippen LogP contribution < -0.4 is 0 Å². The average molecular weight is 290 g/mol. The van der Waals surface area contributed by atoms with E-state index >= 15 is 0 Å². The lowest BCUT2D eigenvalue weighted by Crippen LogP contribution is -2.12. The van der Waals surface area contributed by atoms with Crippen molar-refractivity contribution in [3.63, 3.8) is 0 Å². The number of hydrogen-bond donors (Lipinski definition) is 0. The molecule has 1 rings (SSSR count). The monoisotopic (exact) mass is 290 g/mol. The zero-order chi connectivity index (χ0) is 16.0. The molecule has 1 aromatic rings. The topological polar surface area (TPSA) is 52.6 Å². The normalized spacial score (nSPS) is 11.2. The minimum atomic E-state index is -0.403. The summed E-state index contributed by atoms with van der Waals surface area (Å²) in [6.07, 6.45) is 2.70. The van der Waals surface area contributed by atoms with Crippen LogP contribution in [-0.2, 0) is 31.9 Å². The molecule has 0 aliphatic heterocycles. The SMILES string of the molecule is C/C=C(\C(=O)OC)c1c(CC(=O)OC)ccc(CC)c1C. The summed E-state index contributed by atoms with van der Waals surface area (Å²) in [6.45, 7) is 5.80. The van der Waals surface area contributed by atoms with Gasteiger partial charge in [-0.15, -0.1) is 0 Å². The Labute approximate surface area is 125 Å². The molecule has 21 heavy (non-hydrogen) atoms. The third-order valence-corrected chi connectivity index (χ3v) is 3.57. The van der Waals surface area contributed by atoms with Gasteiger partial charge in [0.25, 0.3) is 0 Å². The lowest BCUT2D eigenvalue weighted by atomic mass is 9.89. The second kappa shape index (κ2) is 7.62. The van der Waals surface area contributed by atoms with Crippen LogP contribution >= 0.6 is 0 Å². The molecular formula is C17H22O4. The standard InChI is InChI=1S/C17H22O4/c1-6-12-8-9-13(10-15(18)20-4)16(11(12)3)14(7-2)17(19)21-5/h7-9H,6,10H2,1-5H3/b14-7-. The molecule has 4 heteroatoms. The largest absolute Gasteiger partial charge is 0.469 e. The van der Waals surface area contributed by atoms with E-state index in [1.54, 1.807) is 13.0 Å². The molecule has 0 radical (unpaired) electrons. The van der Waals surface area contributed by atoms with E-state index in [4.69, 9.17) is 9.47 Å². The Bertz CT molecular complexity index is 570. The van der Waals surface area contributed by atoms with Crippen LogP contribution in [0.25, 0.3) is 5.57 Å². The summed E-state index contributed by atoms with van der Waals surface area (Å²) < 4.78 is 9.58. The number of carbonyl (C=O) groups is 2. The van der Waals surface area contributed by atoms with Gasteiger partial charge in [-0.3, -0.25) is 4.79 Å².